The largest absolute Gasteiger partial charge is 0.488 e. The molecule has 1 atom stereocenters. The van der Waals surface area contributed by atoms with Crippen molar-refractivity contribution >= 4 is 5.97 Å². The van der Waals surface area contributed by atoms with Crippen LogP contribution in [0.3, 0.4) is 0 Å². The van der Waals surface area contributed by atoms with Crippen molar-refractivity contribution in [3.8, 4) is 28.4 Å². The second kappa shape index (κ2) is 8.65. The maximum atomic E-state index is 15.1. The highest BCUT2D eigenvalue weighted by Crippen LogP contribution is 2.41. The zero-order valence-electron chi connectivity index (χ0n) is 16.9. The summed E-state index contributed by atoms with van der Waals surface area (Å²) in [6.45, 7) is 1.89. The molecule has 0 aromatic heterocycles. The van der Waals surface area contributed by atoms with Crippen LogP contribution < -0.4 is 19.9 Å². The Morgan fingerprint density at radius 3 is 2.74 bits per heavy atom. The summed E-state index contributed by atoms with van der Waals surface area (Å²) in [5.74, 6) is 0.173. The molecule has 0 spiro atoms. The number of para-hydroxylation sites is 1. The molecular formula is C24H22FNO5. The van der Waals surface area contributed by atoms with Crippen molar-refractivity contribution < 1.29 is 28.5 Å². The van der Waals surface area contributed by atoms with Crippen LogP contribution >= 0.6 is 0 Å². The van der Waals surface area contributed by atoms with Gasteiger partial charge in [0.2, 0.25) is 6.79 Å². The van der Waals surface area contributed by atoms with Crippen molar-refractivity contribution in [2.75, 3.05) is 6.79 Å². The smallest absolute Gasteiger partial charge is 0.307 e. The number of carbonyl (C=O) groups is 1. The molecule has 3 aromatic rings. The van der Waals surface area contributed by atoms with E-state index in [1.165, 1.54) is 0 Å². The molecule has 1 unspecified atom stereocenters. The van der Waals surface area contributed by atoms with Gasteiger partial charge in [0.05, 0.1) is 6.42 Å². The Hall–Kier alpha value is -3.58. The van der Waals surface area contributed by atoms with Gasteiger partial charge in [0.1, 0.15) is 18.2 Å². The molecule has 3 N–H and O–H groups in total. The van der Waals surface area contributed by atoms with Gasteiger partial charge in [-0.15, -0.1) is 0 Å². The molecule has 4 rings (SSSR count). The number of benzene rings is 3. The molecule has 1 aliphatic heterocycles. The highest BCUT2D eigenvalue weighted by molar-refractivity contribution is 5.72. The van der Waals surface area contributed by atoms with E-state index in [0.29, 0.717) is 45.1 Å². The molecule has 7 heteroatoms. The molecule has 0 aliphatic carbocycles. The zero-order chi connectivity index (χ0) is 22.0. The number of carboxylic acids is 1. The molecule has 0 saturated heterocycles. The molecular weight excluding hydrogens is 401 g/mol. The summed E-state index contributed by atoms with van der Waals surface area (Å²) in [6.07, 6.45) is -0.150. The van der Waals surface area contributed by atoms with Gasteiger partial charge in [0, 0.05) is 28.3 Å². The molecule has 1 heterocycles. The average Bonchev–Trinajstić information content (AvgIpc) is 3.21. The Morgan fingerprint density at radius 1 is 1.16 bits per heavy atom. The predicted octanol–water partition coefficient (Wildman–Crippen LogP) is 4.45. The Balaban J connectivity index is 1.69. The van der Waals surface area contributed by atoms with Crippen LogP contribution in [-0.4, -0.2) is 17.9 Å². The molecule has 0 fully saturated rings. The molecule has 0 bridgehead atoms. The highest BCUT2D eigenvalue weighted by Gasteiger charge is 2.22. The Kier molecular flexibility index (Phi) is 5.77. The lowest BCUT2D eigenvalue weighted by Crippen LogP contribution is -2.08. The second-order valence-corrected chi connectivity index (χ2v) is 7.33. The standard InChI is InChI=1S/C24H22FNO5/c1-14(26)18-6-4-7-19(23(18)25)16-9-17(24-21(10-16)30-13-31-24)12-29-20-8-3-2-5-15(20)11-22(27)28/h2-10,14H,11-13,26H2,1H3,(H,27,28). The van der Waals surface area contributed by atoms with E-state index in [4.69, 9.17) is 25.1 Å². The van der Waals surface area contributed by atoms with Gasteiger partial charge in [0.15, 0.2) is 11.5 Å². The second-order valence-electron chi connectivity index (χ2n) is 7.33. The van der Waals surface area contributed by atoms with E-state index in [1.54, 1.807) is 61.5 Å². The fourth-order valence-electron chi connectivity index (χ4n) is 3.58. The third kappa shape index (κ3) is 4.32. The van der Waals surface area contributed by atoms with Crippen molar-refractivity contribution in [2.24, 2.45) is 5.73 Å². The number of ether oxygens (including phenoxy) is 3. The van der Waals surface area contributed by atoms with Gasteiger partial charge in [-0.3, -0.25) is 4.79 Å². The van der Waals surface area contributed by atoms with E-state index in [0.717, 1.165) is 0 Å². The summed E-state index contributed by atoms with van der Waals surface area (Å²) in [7, 11) is 0. The van der Waals surface area contributed by atoms with Gasteiger partial charge in [-0.25, -0.2) is 4.39 Å². The third-order valence-electron chi connectivity index (χ3n) is 5.08. The quantitative estimate of drug-likeness (QED) is 0.584. The normalized spacial score (nSPS) is 13.1. The zero-order valence-corrected chi connectivity index (χ0v) is 16.9. The van der Waals surface area contributed by atoms with Crippen LogP contribution in [0.25, 0.3) is 11.1 Å². The molecule has 0 saturated carbocycles. The first kappa shape index (κ1) is 20.7. The Morgan fingerprint density at radius 2 is 1.97 bits per heavy atom. The van der Waals surface area contributed by atoms with Gasteiger partial charge in [-0.2, -0.15) is 0 Å². The summed E-state index contributed by atoms with van der Waals surface area (Å²) < 4.78 is 32.1. The highest BCUT2D eigenvalue weighted by atomic mass is 19.1. The molecule has 0 radical (unpaired) electrons. The Labute approximate surface area is 179 Å². The maximum absolute atomic E-state index is 15.1. The van der Waals surface area contributed by atoms with Crippen LogP contribution in [0.15, 0.2) is 54.6 Å². The molecule has 31 heavy (non-hydrogen) atoms. The average molecular weight is 423 g/mol. The first-order valence-corrected chi connectivity index (χ1v) is 9.83. The van der Waals surface area contributed by atoms with Crippen molar-refractivity contribution in [2.45, 2.75) is 26.0 Å². The minimum Gasteiger partial charge on any atom is -0.488 e. The van der Waals surface area contributed by atoms with E-state index < -0.39 is 12.0 Å². The molecule has 0 amide bonds. The fourth-order valence-corrected chi connectivity index (χ4v) is 3.58. The molecule has 160 valence electrons. The number of nitrogens with two attached hydrogens (primary N) is 1. The fraction of sp³-hybridized carbons (Fsp3) is 0.208. The lowest BCUT2D eigenvalue weighted by atomic mass is 9.97. The van der Waals surface area contributed by atoms with E-state index in [9.17, 15) is 4.79 Å². The minimum absolute atomic E-state index is 0.0593. The number of hydrogen-bond acceptors (Lipinski definition) is 5. The number of halogens is 1. The van der Waals surface area contributed by atoms with Gasteiger partial charge < -0.3 is 25.1 Å². The van der Waals surface area contributed by atoms with E-state index >= 15 is 4.39 Å². The van der Waals surface area contributed by atoms with Gasteiger partial charge in [0.25, 0.3) is 0 Å². The van der Waals surface area contributed by atoms with Crippen molar-refractivity contribution in [3.05, 3.63) is 77.1 Å². The van der Waals surface area contributed by atoms with Crippen LogP contribution in [-0.2, 0) is 17.8 Å². The number of carboxylic acid groups (broad SMARTS) is 1. The predicted molar refractivity (Wildman–Crippen MR) is 113 cm³/mol. The number of hydrogen-bond donors (Lipinski definition) is 2. The summed E-state index contributed by atoms with van der Waals surface area (Å²) in [6, 6.07) is 15.1. The summed E-state index contributed by atoms with van der Waals surface area (Å²) in [5, 5.41) is 9.12. The maximum Gasteiger partial charge on any atom is 0.307 e. The van der Waals surface area contributed by atoms with Crippen LogP contribution in [0, 0.1) is 5.82 Å². The number of aliphatic carboxylic acids is 1. The van der Waals surface area contributed by atoms with Gasteiger partial charge in [-0.1, -0.05) is 36.4 Å². The molecule has 6 nitrogen and oxygen atoms in total. The lowest BCUT2D eigenvalue weighted by Gasteiger charge is -2.15. The summed E-state index contributed by atoms with van der Waals surface area (Å²) in [5.41, 5.74) is 8.57. The van der Waals surface area contributed by atoms with Crippen molar-refractivity contribution in [1.82, 2.24) is 0 Å². The first-order valence-electron chi connectivity index (χ1n) is 9.83. The SMILES string of the molecule is CC(N)c1cccc(-c2cc(COc3ccccc3CC(=O)O)c3c(c2)OCO3)c1F. The van der Waals surface area contributed by atoms with Crippen LogP contribution in [0.5, 0.6) is 17.2 Å². The minimum atomic E-state index is -0.944. The van der Waals surface area contributed by atoms with E-state index in [1.807, 2.05) is 0 Å². The van der Waals surface area contributed by atoms with Crippen LogP contribution in [0.4, 0.5) is 4.39 Å². The molecule has 3 aromatic carbocycles. The van der Waals surface area contributed by atoms with E-state index in [-0.39, 0.29) is 25.6 Å². The summed E-state index contributed by atoms with van der Waals surface area (Å²) in [4.78, 5) is 11.1. The van der Waals surface area contributed by atoms with E-state index in [2.05, 4.69) is 0 Å². The van der Waals surface area contributed by atoms with Crippen molar-refractivity contribution in [3.63, 3.8) is 0 Å². The lowest BCUT2D eigenvalue weighted by molar-refractivity contribution is -0.136. The number of fused-ring (bicyclic) bond motifs is 1. The van der Waals surface area contributed by atoms with Crippen LogP contribution in [0.1, 0.15) is 29.7 Å². The first-order chi connectivity index (χ1) is 14.9. The summed E-state index contributed by atoms with van der Waals surface area (Å²) >= 11 is 0. The van der Waals surface area contributed by atoms with Crippen molar-refractivity contribution in [1.29, 1.82) is 0 Å². The van der Waals surface area contributed by atoms with Gasteiger partial charge in [-0.05, 0) is 30.7 Å². The Bertz CT molecular complexity index is 1130. The molecule has 1 aliphatic rings. The number of rotatable bonds is 7. The topological polar surface area (TPSA) is 91.0 Å². The van der Waals surface area contributed by atoms with Gasteiger partial charge >= 0.3 is 5.97 Å². The van der Waals surface area contributed by atoms with Crippen LogP contribution in [0.2, 0.25) is 0 Å². The monoisotopic (exact) mass is 423 g/mol. The third-order valence-corrected chi connectivity index (χ3v) is 5.08.